The quantitative estimate of drug-likeness (QED) is 0.615. The molecule has 0 atom stereocenters. The van der Waals surface area contributed by atoms with Crippen LogP contribution in [0.1, 0.15) is 12.8 Å². The van der Waals surface area contributed by atoms with Crippen LogP contribution in [0.3, 0.4) is 0 Å². The Morgan fingerprint density at radius 3 is 2.69 bits per heavy atom. The van der Waals surface area contributed by atoms with E-state index in [2.05, 4.69) is 10.2 Å². The molecule has 1 fully saturated rings. The number of carbonyl (C=O) groups excluding carboxylic acids is 1. The lowest BCUT2D eigenvalue weighted by molar-refractivity contribution is -0.144. The van der Waals surface area contributed by atoms with E-state index in [-0.39, 0.29) is 0 Å². The van der Waals surface area contributed by atoms with Gasteiger partial charge in [0.15, 0.2) is 6.61 Å². The van der Waals surface area contributed by atoms with Crippen LogP contribution in [0.2, 0.25) is 0 Å². The summed E-state index contributed by atoms with van der Waals surface area (Å²) in [6.45, 7) is 0.0797. The lowest BCUT2D eigenvalue weighted by Crippen LogP contribution is -2.39. The summed E-state index contributed by atoms with van der Waals surface area (Å²) in [4.78, 5) is 25.6. The fourth-order valence-corrected chi connectivity index (χ4v) is 2.59. The number of carboxylic acids is 1. The van der Waals surface area contributed by atoms with Gasteiger partial charge in [-0.05, 0) is 30.3 Å². The van der Waals surface area contributed by atoms with E-state index in [1.165, 1.54) is 0 Å². The standard InChI is InChI=1S/C9H16N2O4S/c12-8(13)6-15-11-9(14)10-5-7-1-3-16-4-2-7/h7H,1-6H2,(H,12,13)(H2,10,11,14). The van der Waals surface area contributed by atoms with E-state index in [0.29, 0.717) is 12.5 Å². The van der Waals surface area contributed by atoms with Crippen LogP contribution in [0.4, 0.5) is 4.79 Å². The van der Waals surface area contributed by atoms with Crippen LogP contribution >= 0.6 is 11.8 Å². The number of carbonyl (C=O) groups is 2. The molecule has 6 nitrogen and oxygen atoms in total. The minimum absolute atomic E-state index is 0.487. The van der Waals surface area contributed by atoms with Gasteiger partial charge in [0.1, 0.15) is 0 Å². The van der Waals surface area contributed by atoms with Gasteiger partial charge in [-0.25, -0.2) is 15.1 Å². The normalized spacial score (nSPS) is 16.8. The fourth-order valence-electron chi connectivity index (χ4n) is 1.39. The summed E-state index contributed by atoms with van der Waals surface area (Å²) < 4.78 is 0. The van der Waals surface area contributed by atoms with E-state index in [1.54, 1.807) is 0 Å². The number of hydroxylamine groups is 1. The molecule has 7 heteroatoms. The highest BCUT2D eigenvalue weighted by Gasteiger charge is 2.14. The molecule has 0 saturated carbocycles. The second-order valence-electron chi connectivity index (χ2n) is 3.55. The van der Waals surface area contributed by atoms with Crippen LogP contribution in [0.25, 0.3) is 0 Å². The van der Waals surface area contributed by atoms with Crippen molar-refractivity contribution in [2.24, 2.45) is 5.92 Å². The predicted octanol–water partition coefficient (Wildman–Crippen LogP) is 0.445. The lowest BCUT2D eigenvalue weighted by Gasteiger charge is -2.21. The molecule has 1 heterocycles. The predicted molar refractivity (Wildman–Crippen MR) is 60.2 cm³/mol. The summed E-state index contributed by atoms with van der Waals surface area (Å²) in [7, 11) is 0. The molecule has 16 heavy (non-hydrogen) atoms. The van der Waals surface area contributed by atoms with Gasteiger partial charge >= 0.3 is 12.0 Å². The Balaban J connectivity index is 2.02. The number of nitrogens with one attached hydrogen (secondary N) is 2. The minimum Gasteiger partial charge on any atom is -0.479 e. The molecule has 3 N–H and O–H groups in total. The van der Waals surface area contributed by atoms with Gasteiger partial charge in [0.05, 0.1) is 0 Å². The van der Waals surface area contributed by atoms with Gasteiger partial charge in [0.25, 0.3) is 0 Å². The van der Waals surface area contributed by atoms with Gasteiger partial charge in [-0.15, -0.1) is 0 Å². The van der Waals surface area contributed by atoms with Crippen molar-refractivity contribution in [1.82, 2.24) is 10.8 Å². The van der Waals surface area contributed by atoms with Gasteiger partial charge in [0.2, 0.25) is 0 Å². The zero-order valence-corrected chi connectivity index (χ0v) is 9.72. The Bertz CT molecular complexity index is 244. The lowest BCUT2D eigenvalue weighted by atomic mass is 10.0. The third kappa shape index (κ3) is 5.82. The summed E-state index contributed by atoms with van der Waals surface area (Å²) in [5, 5.41) is 10.9. The average molecular weight is 248 g/mol. The maximum absolute atomic E-state index is 11.1. The van der Waals surface area contributed by atoms with Crippen LogP contribution in [0.15, 0.2) is 0 Å². The van der Waals surface area contributed by atoms with Crippen LogP contribution < -0.4 is 10.8 Å². The first kappa shape index (κ1) is 13.1. The monoisotopic (exact) mass is 248 g/mol. The van der Waals surface area contributed by atoms with E-state index in [1.807, 2.05) is 17.2 Å². The largest absolute Gasteiger partial charge is 0.479 e. The van der Waals surface area contributed by atoms with Crippen LogP contribution in [0.5, 0.6) is 0 Å². The second-order valence-corrected chi connectivity index (χ2v) is 4.77. The molecule has 0 aromatic heterocycles. The zero-order chi connectivity index (χ0) is 11.8. The number of amides is 2. The van der Waals surface area contributed by atoms with E-state index < -0.39 is 18.6 Å². The molecule has 0 radical (unpaired) electrons. The van der Waals surface area contributed by atoms with E-state index in [9.17, 15) is 9.59 Å². The smallest absolute Gasteiger partial charge is 0.338 e. The molecule has 92 valence electrons. The molecule has 0 aromatic rings. The SMILES string of the molecule is O=C(O)CONC(=O)NCC1CCSCC1. The third-order valence-electron chi connectivity index (χ3n) is 2.25. The maximum Gasteiger partial charge on any atom is 0.338 e. The Hall–Kier alpha value is -0.950. The Morgan fingerprint density at radius 1 is 1.38 bits per heavy atom. The number of rotatable bonds is 5. The molecule has 0 unspecified atom stereocenters. The number of carboxylic acid groups (broad SMARTS) is 1. The van der Waals surface area contributed by atoms with Gasteiger partial charge in [-0.1, -0.05) is 0 Å². The Kier molecular flexibility index (Phi) is 6.02. The van der Waals surface area contributed by atoms with Crippen molar-refractivity contribution in [3.8, 4) is 0 Å². The molecular formula is C9H16N2O4S. The average Bonchev–Trinajstić information content (AvgIpc) is 2.27. The molecular weight excluding hydrogens is 232 g/mol. The van der Waals surface area contributed by atoms with Crippen molar-refractivity contribution in [1.29, 1.82) is 0 Å². The van der Waals surface area contributed by atoms with Crippen molar-refractivity contribution in [2.75, 3.05) is 24.7 Å². The molecule has 1 saturated heterocycles. The number of hydrogen-bond acceptors (Lipinski definition) is 4. The molecule has 0 bridgehead atoms. The molecule has 1 aliphatic heterocycles. The number of urea groups is 1. The first-order valence-corrected chi connectivity index (χ1v) is 6.29. The highest BCUT2D eigenvalue weighted by Crippen LogP contribution is 2.21. The number of hydrogen-bond donors (Lipinski definition) is 3. The Labute approximate surface area is 98.1 Å². The van der Waals surface area contributed by atoms with Crippen molar-refractivity contribution in [3.05, 3.63) is 0 Å². The van der Waals surface area contributed by atoms with Crippen LogP contribution in [-0.2, 0) is 9.63 Å². The fraction of sp³-hybridized carbons (Fsp3) is 0.778. The second kappa shape index (κ2) is 7.34. The maximum atomic E-state index is 11.1. The van der Waals surface area contributed by atoms with Gasteiger partial charge in [0, 0.05) is 6.54 Å². The molecule has 0 aliphatic carbocycles. The van der Waals surface area contributed by atoms with E-state index in [4.69, 9.17) is 5.11 Å². The highest BCUT2D eigenvalue weighted by molar-refractivity contribution is 7.99. The highest BCUT2D eigenvalue weighted by atomic mass is 32.2. The first-order chi connectivity index (χ1) is 7.68. The molecule has 2 amide bonds. The van der Waals surface area contributed by atoms with Crippen molar-refractivity contribution in [2.45, 2.75) is 12.8 Å². The van der Waals surface area contributed by atoms with Crippen LogP contribution in [0, 0.1) is 5.92 Å². The molecule has 0 spiro atoms. The summed E-state index contributed by atoms with van der Waals surface area (Å²) in [6.07, 6.45) is 2.22. The van der Waals surface area contributed by atoms with Crippen molar-refractivity contribution in [3.63, 3.8) is 0 Å². The first-order valence-electron chi connectivity index (χ1n) is 5.13. The van der Waals surface area contributed by atoms with Crippen LogP contribution in [-0.4, -0.2) is 41.8 Å². The zero-order valence-electron chi connectivity index (χ0n) is 8.90. The van der Waals surface area contributed by atoms with Gasteiger partial charge in [-0.2, -0.15) is 11.8 Å². The number of thioether (sulfide) groups is 1. The van der Waals surface area contributed by atoms with Crippen molar-refractivity contribution < 1.29 is 19.5 Å². The molecule has 1 aliphatic rings. The number of aliphatic carboxylic acids is 1. The molecule has 1 rings (SSSR count). The van der Waals surface area contributed by atoms with E-state index in [0.717, 1.165) is 24.3 Å². The summed E-state index contributed by atoms with van der Waals surface area (Å²) in [6, 6.07) is -0.487. The Morgan fingerprint density at radius 2 is 2.06 bits per heavy atom. The topological polar surface area (TPSA) is 87.7 Å². The third-order valence-corrected chi connectivity index (χ3v) is 3.30. The minimum atomic E-state index is -1.12. The van der Waals surface area contributed by atoms with E-state index >= 15 is 0 Å². The van der Waals surface area contributed by atoms with Crippen molar-refractivity contribution >= 4 is 23.8 Å². The summed E-state index contributed by atoms with van der Waals surface area (Å²) >= 11 is 1.93. The summed E-state index contributed by atoms with van der Waals surface area (Å²) in [5.41, 5.74) is 2.02. The summed E-state index contributed by atoms with van der Waals surface area (Å²) in [5.74, 6) is 1.68. The van der Waals surface area contributed by atoms with Gasteiger partial charge < -0.3 is 10.4 Å². The molecule has 0 aromatic carbocycles. The van der Waals surface area contributed by atoms with Gasteiger partial charge in [-0.3, -0.25) is 4.84 Å².